The molecule has 1 amide bonds. The normalized spacial score (nSPS) is 11.0. The number of para-hydroxylation sites is 1. The fourth-order valence-electron chi connectivity index (χ4n) is 2.91. The first-order valence-electron chi connectivity index (χ1n) is 9.43. The van der Waals surface area contributed by atoms with E-state index in [-0.39, 0.29) is 19.1 Å². The standard InChI is InChI=1S/C23H24N2O4S/c1-18-8-6-7-11-22(18)24-23(26)17-29-21-14-12-20(13-15-21)25(30(2,27)28)16-19-9-4-3-5-10-19/h3-15H,16-17H2,1-2H3,(H,24,26). The number of hydrogen-bond acceptors (Lipinski definition) is 4. The Morgan fingerprint density at radius 2 is 1.57 bits per heavy atom. The molecule has 3 rings (SSSR count). The molecule has 3 aromatic rings. The summed E-state index contributed by atoms with van der Waals surface area (Å²) in [5.74, 6) is 0.210. The molecule has 0 fully saturated rings. The number of ether oxygens (including phenoxy) is 1. The van der Waals surface area contributed by atoms with Gasteiger partial charge in [0.25, 0.3) is 5.91 Å². The second-order valence-electron chi connectivity index (χ2n) is 6.90. The highest BCUT2D eigenvalue weighted by molar-refractivity contribution is 7.92. The molecular formula is C23H24N2O4S. The van der Waals surface area contributed by atoms with E-state index in [1.54, 1.807) is 24.3 Å². The quantitative estimate of drug-likeness (QED) is 0.594. The van der Waals surface area contributed by atoms with E-state index in [0.29, 0.717) is 11.4 Å². The molecule has 0 bridgehead atoms. The van der Waals surface area contributed by atoms with Crippen LogP contribution in [0.3, 0.4) is 0 Å². The number of nitrogens with zero attached hydrogens (tertiary/aromatic N) is 1. The highest BCUT2D eigenvalue weighted by atomic mass is 32.2. The van der Waals surface area contributed by atoms with Gasteiger partial charge in [-0.25, -0.2) is 8.42 Å². The first-order chi connectivity index (χ1) is 14.3. The molecule has 0 heterocycles. The van der Waals surface area contributed by atoms with E-state index in [1.165, 1.54) is 10.6 Å². The lowest BCUT2D eigenvalue weighted by molar-refractivity contribution is -0.118. The maximum Gasteiger partial charge on any atom is 0.262 e. The third kappa shape index (κ3) is 5.84. The minimum absolute atomic E-state index is 0.145. The number of amides is 1. The van der Waals surface area contributed by atoms with Crippen LogP contribution in [0.5, 0.6) is 5.75 Å². The van der Waals surface area contributed by atoms with Crippen LogP contribution in [0.1, 0.15) is 11.1 Å². The molecule has 7 heteroatoms. The number of aryl methyl sites for hydroxylation is 1. The molecule has 0 aliphatic rings. The van der Waals surface area contributed by atoms with E-state index < -0.39 is 10.0 Å². The van der Waals surface area contributed by atoms with Gasteiger partial charge in [0.1, 0.15) is 5.75 Å². The summed E-state index contributed by atoms with van der Waals surface area (Å²) in [5.41, 5.74) is 3.12. The zero-order valence-corrected chi connectivity index (χ0v) is 17.7. The molecule has 156 valence electrons. The fourth-order valence-corrected chi connectivity index (χ4v) is 3.79. The van der Waals surface area contributed by atoms with Crippen LogP contribution in [-0.2, 0) is 21.4 Å². The van der Waals surface area contributed by atoms with E-state index >= 15 is 0 Å². The molecule has 0 aromatic heterocycles. The van der Waals surface area contributed by atoms with Crippen molar-refractivity contribution in [2.45, 2.75) is 13.5 Å². The van der Waals surface area contributed by atoms with Crippen molar-refractivity contribution in [1.82, 2.24) is 0 Å². The summed E-state index contributed by atoms with van der Waals surface area (Å²) >= 11 is 0. The van der Waals surface area contributed by atoms with Crippen LogP contribution in [0.15, 0.2) is 78.9 Å². The Kier molecular flexibility index (Phi) is 6.74. The molecule has 0 radical (unpaired) electrons. The van der Waals surface area contributed by atoms with Crippen molar-refractivity contribution in [2.75, 3.05) is 22.5 Å². The monoisotopic (exact) mass is 424 g/mol. The minimum Gasteiger partial charge on any atom is -0.484 e. The first-order valence-corrected chi connectivity index (χ1v) is 11.3. The lowest BCUT2D eigenvalue weighted by Crippen LogP contribution is -2.29. The molecule has 0 spiro atoms. The maximum atomic E-state index is 12.3. The van der Waals surface area contributed by atoms with E-state index in [0.717, 1.165) is 16.8 Å². The molecule has 1 N–H and O–H groups in total. The molecule has 3 aromatic carbocycles. The number of benzene rings is 3. The van der Waals surface area contributed by atoms with Gasteiger partial charge in [-0.1, -0.05) is 48.5 Å². The van der Waals surface area contributed by atoms with Gasteiger partial charge in [-0.3, -0.25) is 9.10 Å². The molecule has 0 atom stereocenters. The van der Waals surface area contributed by atoms with Crippen molar-refractivity contribution in [3.8, 4) is 5.75 Å². The Balaban J connectivity index is 1.64. The molecule has 30 heavy (non-hydrogen) atoms. The van der Waals surface area contributed by atoms with Crippen LogP contribution in [0.4, 0.5) is 11.4 Å². The molecule has 6 nitrogen and oxygen atoms in total. The number of carbonyl (C=O) groups excluding carboxylic acids is 1. The lowest BCUT2D eigenvalue weighted by atomic mass is 10.2. The lowest BCUT2D eigenvalue weighted by Gasteiger charge is -2.22. The van der Waals surface area contributed by atoms with Crippen LogP contribution in [-0.4, -0.2) is 27.2 Å². The van der Waals surface area contributed by atoms with Gasteiger partial charge in [0.05, 0.1) is 18.5 Å². The Morgan fingerprint density at radius 3 is 2.20 bits per heavy atom. The van der Waals surface area contributed by atoms with E-state index in [9.17, 15) is 13.2 Å². The van der Waals surface area contributed by atoms with Crippen molar-refractivity contribution in [2.24, 2.45) is 0 Å². The van der Waals surface area contributed by atoms with E-state index in [1.807, 2.05) is 61.5 Å². The Labute approximate surface area is 177 Å². The Morgan fingerprint density at radius 1 is 0.933 bits per heavy atom. The third-order valence-corrected chi connectivity index (χ3v) is 5.62. The predicted octanol–water partition coefficient (Wildman–Crippen LogP) is 3.98. The Hall–Kier alpha value is -3.32. The number of sulfonamides is 1. The smallest absolute Gasteiger partial charge is 0.262 e. The summed E-state index contributed by atoms with van der Waals surface area (Å²) < 4.78 is 31.4. The summed E-state index contributed by atoms with van der Waals surface area (Å²) in [5, 5.41) is 2.81. The minimum atomic E-state index is -3.47. The van der Waals surface area contributed by atoms with Crippen LogP contribution in [0.2, 0.25) is 0 Å². The number of nitrogens with one attached hydrogen (secondary N) is 1. The average molecular weight is 425 g/mol. The van der Waals surface area contributed by atoms with Gasteiger partial charge in [0.15, 0.2) is 6.61 Å². The Bertz CT molecular complexity index is 1100. The molecule has 0 aliphatic heterocycles. The highest BCUT2D eigenvalue weighted by Gasteiger charge is 2.18. The van der Waals surface area contributed by atoms with Crippen LogP contribution in [0.25, 0.3) is 0 Å². The zero-order chi connectivity index (χ0) is 21.6. The van der Waals surface area contributed by atoms with E-state index in [2.05, 4.69) is 5.32 Å². The van der Waals surface area contributed by atoms with E-state index in [4.69, 9.17) is 4.74 Å². The summed E-state index contributed by atoms with van der Waals surface area (Å²) in [7, 11) is -3.47. The maximum absolute atomic E-state index is 12.3. The first kappa shape index (κ1) is 21.4. The van der Waals surface area contributed by atoms with Crippen molar-refractivity contribution in [1.29, 1.82) is 0 Å². The second kappa shape index (κ2) is 9.45. The largest absolute Gasteiger partial charge is 0.484 e. The topological polar surface area (TPSA) is 75.7 Å². The van der Waals surface area contributed by atoms with Crippen molar-refractivity contribution in [3.05, 3.63) is 90.0 Å². The summed E-state index contributed by atoms with van der Waals surface area (Å²) in [6.07, 6.45) is 1.18. The van der Waals surface area contributed by atoms with Crippen LogP contribution in [0, 0.1) is 6.92 Å². The van der Waals surface area contributed by atoms with Gasteiger partial charge in [0, 0.05) is 5.69 Å². The predicted molar refractivity (Wildman–Crippen MR) is 119 cm³/mol. The molecule has 0 unspecified atom stereocenters. The SMILES string of the molecule is Cc1ccccc1NC(=O)COc1ccc(N(Cc2ccccc2)S(C)(=O)=O)cc1. The molecule has 0 aliphatic carbocycles. The summed E-state index contributed by atoms with van der Waals surface area (Å²) in [6, 6.07) is 23.5. The van der Waals surface area contributed by atoms with Gasteiger partial charge >= 0.3 is 0 Å². The number of rotatable bonds is 8. The van der Waals surface area contributed by atoms with Crippen LogP contribution >= 0.6 is 0 Å². The number of hydrogen-bond donors (Lipinski definition) is 1. The average Bonchev–Trinajstić information content (AvgIpc) is 2.73. The highest BCUT2D eigenvalue weighted by Crippen LogP contribution is 2.24. The van der Waals surface area contributed by atoms with Gasteiger partial charge in [-0.2, -0.15) is 0 Å². The molecule has 0 saturated carbocycles. The van der Waals surface area contributed by atoms with Crippen molar-refractivity contribution < 1.29 is 17.9 Å². The molecular weight excluding hydrogens is 400 g/mol. The zero-order valence-electron chi connectivity index (χ0n) is 16.9. The summed E-state index contributed by atoms with van der Waals surface area (Å²) in [4.78, 5) is 12.1. The summed E-state index contributed by atoms with van der Waals surface area (Å²) in [6.45, 7) is 2.00. The van der Waals surface area contributed by atoms with Gasteiger partial charge in [-0.05, 0) is 48.4 Å². The fraction of sp³-hybridized carbons (Fsp3) is 0.174. The van der Waals surface area contributed by atoms with Crippen molar-refractivity contribution in [3.63, 3.8) is 0 Å². The van der Waals surface area contributed by atoms with Crippen LogP contribution < -0.4 is 14.4 Å². The second-order valence-corrected chi connectivity index (χ2v) is 8.81. The molecule has 0 saturated heterocycles. The van der Waals surface area contributed by atoms with Gasteiger partial charge < -0.3 is 10.1 Å². The van der Waals surface area contributed by atoms with Gasteiger partial charge in [-0.15, -0.1) is 0 Å². The van der Waals surface area contributed by atoms with Gasteiger partial charge in [0.2, 0.25) is 10.0 Å². The number of anilines is 2. The number of carbonyl (C=O) groups is 1. The third-order valence-electron chi connectivity index (χ3n) is 4.48. The van der Waals surface area contributed by atoms with Crippen molar-refractivity contribution >= 4 is 27.3 Å².